The number of likely N-dealkylation sites (tertiary alicyclic amines) is 1. The lowest BCUT2D eigenvalue weighted by Crippen LogP contribution is -2.49. The lowest BCUT2D eigenvalue weighted by Gasteiger charge is -2.41. The Labute approximate surface area is 173 Å². The fourth-order valence-electron chi connectivity index (χ4n) is 4.36. The summed E-state index contributed by atoms with van der Waals surface area (Å²) >= 11 is 0. The zero-order valence-corrected chi connectivity index (χ0v) is 16.5. The van der Waals surface area contributed by atoms with Crippen LogP contribution in [-0.2, 0) is 5.41 Å². The van der Waals surface area contributed by atoms with Crippen LogP contribution in [0.4, 0.5) is 4.39 Å². The molecule has 5 rings (SSSR count). The van der Waals surface area contributed by atoms with E-state index in [2.05, 4.69) is 15.1 Å². The summed E-state index contributed by atoms with van der Waals surface area (Å²) in [4.78, 5) is 27.5. The molecular weight excluding hydrogens is 385 g/mol. The van der Waals surface area contributed by atoms with Crippen LogP contribution in [0, 0.1) is 11.7 Å². The summed E-state index contributed by atoms with van der Waals surface area (Å²) in [5, 5.41) is 4.31. The maximum absolute atomic E-state index is 14.2. The van der Waals surface area contributed by atoms with Crippen LogP contribution in [0.1, 0.15) is 48.4 Å². The molecule has 7 nitrogen and oxygen atoms in total. The van der Waals surface area contributed by atoms with E-state index in [1.807, 2.05) is 12.1 Å². The molecule has 2 aliphatic rings. The fourth-order valence-corrected chi connectivity index (χ4v) is 4.36. The first-order chi connectivity index (χ1) is 14.6. The topological polar surface area (TPSA) is 85.0 Å². The summed E-state index contributed by atoms with van der Waals surface area (Å²) < 4.78 is 19.7. The Balaban J connectivity index is 1.46. The van der Waals surface area contributed by atoms with Gasteiger partial charge in [-0.25, -0.2) is 9.37 Å². The summed E-state index contributed by atoms with van der Waals surface area (Å²) in [6, 6.07) is 6.44. The van der Waals surface area contributed by atoms with Crippen LogP contribution in [0.25, 0.3) is 11.5 Å². The lowest BCUT2D eigenvalue weighted by atomic mass is 9.74. The molecule has 1 atom stereocenters. The largest absolute Gasteiger partial charge is 0.336 e. The van der Waals surface area contributed by atoms with Crippen LogP contribution in [0.5, 0.6) is 0 Å². The first-order valence-corrected chi connectivity index (χ1v) is 10.3. The first kappa shape index (κ1) is 18.8. The highest BCUT2D eigenvalue weighted by atomic mass is 19.1. The van der Waals surface area contributed by atoms with Crippen LogP contribution in [0.15, 0.2) is 47.4 Å². The molecule has 3 aromatic heterocycles. The average Bonchev–Trinajstić information content (AvgIpc) is 3.44. The predicted molar refractivity (Wildman–Crippen MR) is 106 cm³/mol. The van der Waals surface area contributed by atoms with E-state index < -0.39 is 11.2 Å². The molecule has 0 radical (unpaired) electrons. The molecule has 1 saturated carbocycles. The molecule has 1 aliphatic heterocycles. The van der Waals surface area contributed by atoms with E-state index in [9.17, 15) is 9.18 Å². The zero-order chi connectivity index (χ0) is 20.6. The van der Waals surface area contributed by atoms with Crippen molar-refractivity contribution in [2.75, 3.05) is 13.1 Å². The Morgan fingerprint density at radius 2 is 2.13 bits per heavy atom. The standard InChI is InChI=1S/C22H22FN5O2/c23-17-5-2-10-25-18(17)20(29)28-11-3-8-22(14-28,12-15-6-7-15)21-26-19(30-27-21)16-4-1-9-24-13-16/h1-2,4-5,9-10,13,15H,3,6-8,11-12,14H2. The van der Waals surface area contributed by atoms with Crippen molar-refractivity contribution in [3.63, 3.8) is 0 Å². The fraction of sp³-hybridized carbons (Fsp3) is 0.409. The highest BCUT2D eigenvalue weighted by Gasteiger charge is 2.46. The quantitative estimate of drug-likeness (QED) is 0.642. The van der Waals surface area contributed by atoms with Crippen molar-refractivity contribution >= 4 is 5.91 Å². The third kappa shape index (κ3) is 3.58. The zero-order valence-electron chi connectivity index (χ0n) is 16.5. The van der Waals surface area contributed by atoms with E-state index in [0.29, 0.717) is 30.7 Å². The van der Waals surface area contributed by atoms with Gasteiger partial charge in [-0.15, -0.1) is 0 Å². The van der Waals surface area contributed by atoms with Crippen LogP contribution < -0.4 is 0 Å². The number of piperidine rings is 1. The van der Waals surface area contributed by atoms with Gasteiger partial charge in [0, 0.05) is 31.7 Å². The van der Waals surface area contributed by atoms with Crippen molar-refractivity contribution in [3.05, 3.63) is 60.2 Å². The summed E-state index contributed by atoms with van der Waals surface area (Å²) in [5.41, 5.74) is 0.227. The van der Waals surface area contributed by atoms with Gasteiger partial charge < -0.3 is 9.42 Å². The molecule has 1 saturated heterocycles. The maximum Gasteiger partial charge on any atom is 0.275 e. The van der Waals surface area contributed by atoms with Gasteiger partial charge in [-0.05, 0) is 49.4 Å². The summed E-state index contributed by atoms with van der Waals surface area (Å²) in [6.07, 6.45) is 9.73. The van der Waals surface area contributed by atoms with Crippen LogP contribution >= 0.6 is 0 Å². The van der Waals surface area contributed by atoms with E-state index in [1.165, 1.54) is 31.2 Å². The van der Waals surface area contributed by atoms with E-state index in [-0.39, 0.29) is 11.6 Å². The Morgan fingerprint density at radius 1 is 1.27 bits per heavy atom. The van der Waals surface area contributed by atoms with Crippen LogP contribution in [0.3, 0.4) is 0 Å². The van der Waals surface area contributed by atoms with Gasteiger partial charge in [-0.3, -0.25) is 9.78 Å². The molecule has 1 unspecified atom stereocenters. The predicted octanol–water partition coefficient (Wildman–Crippen LogP) is 3.64. The van der Waals surface area contributed by atoms with Crippen molar-refractivity contribution in [2.24, 2.45) is 5.92 Å². The van der Waals surface area contributed by atoms with Gasteiger partial charge in [-0.2, -0.15) is 4.98 Å². The molecule has 0 N–H and O–H groups in total. The van der Waals surface area contributed by atoms with Gasteiger partial charge in [0.25, 0.3) is 11.8 Å². The van der Waals surface area contributed by atoms with Gasteiger partial charge >= 0.3 is 0 Å². The highest BCUT2D eigenvalue weighted by Crippen LogP contribution is 2.46. The minimum atomic E-state index is -0.598. The van der Waals surface area contributed by atoms with Gasteiger partial charge in [0.15, 0.2) is 17.3 Å². The second kappa shape index (κ2) is 7.59. The number of rotatable bonds is 5. The summed E-state index contributed by atoms with van der Waals surface area (Å²) in [7, 11) is 0. The Morgan fingerprint density at radius 3 is 2.90 bits per heavy atom. The molecular formula is C22H22FN5O2. The molecule has 2 fully saturated rings. The monoisotopic (exact) mass is 407 g/mol. The van der Waals surface area contributed by atoms with E-state index in [0.717, 1.165) is 24.8 Å². The molecule has 30 heavy (non-hydrogen) atoms. The third-order valence-corrected chi connectivity index (χ3v) is 6.01. The molecule has 0 spiro atoms. The SMILES string of the molecule is O=C(c1ncccc1F)N1CCCC(CC2CC2)(c2noc(-c3cccnc3)n2)C1. The number of carbonyl (C=O) groups excluding carboxylic acids is 1. The number of carbonyl (C=O) groups is 1. The lowest BCUT2D eigenvalue weighted by molar-refractivity contribution is 0.0596. The maximum atomic E-state index is 14.2. The first-order valence-electron chi connectivity index (χ1n) is 10.3. The molecule has 154 valence electrons. The number of pyridine rings is 2. The summed E-state index contributed by atoms with van der Waals surface area (Å²) in [6.45, 7) is 0.999. The molecule has 1 aliphatic carbocycles. The smallest absolute Gasteiger partial charge is 0.275 e. The third-order valence-electron chi connectivity index (χ3n) is 6.01. The number of hydrogen-bond acceptors (Lipinski definition) is 6. The van der Waals surface area contributed by atoms with E-state index in [1.54, 1.807) is 17.3 Å². The Bertz CT molecular complexity index is 1050. The molecule has 4 heterocycles. The molecule has 0 aromatic carbocycles. The number of aromatic nitrogens is 4. The average molecular weight is 407 g/mol. The minimum Gasteiger partial charge on any atom is -0.336 e. The van der Waals surface area contributed by atoms with E-state index in [4.69, 9.17) is 9.51 Å². The normalized spacial score (nSPS) is 21.6. The van der Waals surface area contributed by atoms with E-state index >= 15 is 0 Å². The van der Waals surface area contributed by atoms with Gasteiger partial charge in [0.1, 0.15) is 0 Å². The van der Waals surface area contributed by atoms with Gasteiger partial charge in [-0.1, -0.05) is 18.0 Å². The van der Waals surface area contributed by atoms with Crippen molar-refractivity contribution in [2.45, 2.75) is 37.5 Å². The van der Waals surface area contributed by atoms with Gasteiger partial charge in [0.05, 0.1) is 11.0 Å². The van der Waals surface area contributed by atoms with Crippen LogP contribution in [0.2, 0.25) is 0 Å². The number of nitrogens with zero attached hydrogens (tertiary/aromatic N) is 5. The van der Waals surface area contributed by atoms with Crippen molar-refractivity contribution in [3.8, 4) is 11.5 Å². The second-order valence-corrected chi connectivity index (χ2v) is 8.26. The molecule has 8 heteroatoms. The summed E-state index contributed by atoms with van der Waals surface area (Å²) in [5.74, 6) is 0.662. The van der Waals surface area contributed by atoms with Crippen LogP contribution in [-0.4, -0.2) is 44.0 Å². The second-order valence-electron chi connectivity index (χ2n) is 8.26. The Hall–Kier alpha value is -3.16. The molecule has 1 amide bonds. The number of hydrogen-bond donors (Lipinski definition) is 0. The van der Waals surface area contributed by atoms with Gasteiger partial charge in [0.2, 0.25) is 0 Å². The van der Waals surface area contributed by atoms with Crippen molar-refractivity contribution in [1.29, 1.82) is 0 Å². The van der Waals surface area contributed by atoms with Crippen molar-refractivity contribution < 1.29 is 13.7 Å². The van der Waals surface area contributed by atoms with Crippen molar-refractivity contribution in [1.82, 2.24) is 25.0 Å². The highest BCUT2D eigenvalue weighted by molar-refractivity contribution is 5.92. The molecule has 3 aromatic rings. The molecule has 0 bridgehead atoms. The Kier molecular flexibility index (Phi) is 4.77. The number of amides is 1. The minimum absolute atomic E-state index is 0.135. The number of halogens is 1.